The fraction of sp³-hybridized carbons (Fsp3) is 0.588. The van der Waals surface area contributed by atoms with Gasteiger partial charge in [0.05, 0.1) is 18.2 Å². The zero-order valence-corrected chi connectivity index (χ0v) is 14.1. The molecule has 0 saturated heterocycles. The van der Waals surface area contributed by atoms with Gasteiger partial charge in [-0.05, 0) is 52.4 Å². The lowest BCUT2D eigenvalue weighted by Gasteiger charge is -2.31. The average molecular weight is 310 g/mol. The topological polar surface area (TPSA) is 43.8 Å². The zero-order valence-electron chi connectivity index (χ0n) is 14.1. The van der Waals surface area contributed by atoms with Gasteiger partial charge in [0.15, 0.2) is 0 Å². The molecule has 22 heavy (non-hydrogen) atoms. The van der Waals surface area contributed by atoms with E-state index in [4.69, 9.17) is 0 Å². The Labute approximate surface area is 132 Å². The molecular formula is C17H27FN2O2. The van der Waals surface area contributed by atoms with Crippen molar-refractivity contribution in [2.75, 3.05) is 26.7 Å². The number of hydrogen-bond acceptors (Lipinski definition) is 3. The third kappa shape index (κ3) is 5.73. The molecule has 4 nitrogen and oxygen atoms in total. The van der Waals surface area contributed by atoms with Gasteiger partial charge in [-0.15, -0.1) is 0 Å². The molecule has 0 aromatic heterocycles. The van der Waals surface area contributed by atoms with Crippen LogP contribution in [0.3, 0.4) is 0 Å². The van der Waals surface area contributed by atoms with Gasteiger partial charge in [0, 0.05) is 13.1 Å². The van der Waals surface area contributed by atoms with Crippen molar-refractivity contribution >= 4 is 5.91 Å². The summed E-state index contributed by atoms with van der Waals surface area (Å²) in [7, 11) is 1.81. The van der Waals surface area contributed by atoms with Gasteiger partial charge in [0.25, 0.3) is 0 Å². The van der Waals surface area contributed by atoms with Crippen molar-refractivity contribution in [3.63, 3.8) is 0 Å². The fourth-order valence-corrected chi connectivity index (χ4v) is 2.63. The van der Waals surface area contributed by atoms with Crippen LogP contribution in [0.1, 0.15) is 39.3 Å². The second-order valence-electron chi connectivity index (χ2n) is 6.39. The summed E-state index contributed by atoms with van der Waals surface area (Å²) in [6.07, 6.45) is 0. The van der Waals surface area contributed by atoms with Crippen LogP contribution in [0, 0.1) is 5.82 Å². The van der Waals surface area contributed by atoms with Gasteiger partial charge < -0.3 is 10.0 Å². The highest BCUT2D eigenvalue weighted by Gasteiger charge is 2.23. The Morgan fingerprint density at radius 2 is 1.86 bits per heavy atom. The Hall–Kier alpha value is -1.46. The molecule has 1 N–H and O–H groups in total. The largest absolute Gasteiger partial charge is 0.389 e. The minimum absolute atomic E-state index is 0.00826. The number of aliphatic hydroxyl groups is 1. The normalized spacial score (nSPS) is 13.3. The number of carbonyl (C=O) groups is 1. The lowest BCUT2D eigenvalue weighted by molar-refractivity contribution is -0.134. The third-order valence-corrected chi connectivity index (χ3v) is 3.54. The van der Waals surface area contributed by atoms with Crippen molar-refractivity contribution in [1.82, 2.24) is 9.80 Å². The van der Waals surface area contributed by atoms with Gasteiger partial charge in [0.2, 0.25) is 5.91 Å². The molecule has 124 valence electrons. The number of amides is 1. The van der Waals surface area contributed by atoms with Crippen molar-refractivity contribution < 1.29 is 14.3 Å². The Morgan fingerprint density at radius 1 is 1.32 bits per heavy atom. The second-order valence-corrected chi connectivity index (χ2v) is 6.39. The van der Waals surface area contributed by atoms with E-state index in [9.17, 15) is 14.3 Å². The molecule has 0 aliphatic carbocycles. The molecule has 0 heterocycles. The first-order valence-electron chi connectivity index (χ1n) is 7.60. The van der Waals surface area contributed by atoms with Gasteiger partial charge in [0.1, 0.15) is 5.82 Å². The minimum Gasteiger partial charge on any atom is -0.389 e. The summed E-state index contributed by atoms with van der Waals surface area (Å²) in [5.41, 5.74) is 0.0657. The van der Waals surface area contributed by atoms with Crippen LogP contribution in [0.2, 0.25) is 0 Å². The maximum absolute atomic E-state index is 13.0. The quantitative estimate of drug-likeness (QED) is 0.841. The number of nitrogens with zero attached hydrogens (tertiary/aromatic N) is 2. The van der Waals surface area contributed by atoms with E-state index < -0.39 is 5.60 Å². The Morgan fingerprint density at radius 3 is 2.32 bits per heavy atom. The first-order valence-corrected chi connectivity index (χ1v) is 7.60. The van der Waals surface area contributed by atoms with Gasteiger partial charge in [-0.2, -0.15) is 0 Å². The number of likely N-dealkylation sites (N-methyl/N-ethyl adjacent to an activating group) is 2. The van der Waals surface area contributed by atoms with Crippen LogP contribution >= 0.6 is 0 Å². The molecule has 1 unspecified atom stereocenters. The molecule has 0 spiro atoms. The van der Waals surface area contributed by atoms with E-state index in [0.29, 0.717) is 13.1 Å². The lowest BCUT2D eigenvalue weighted by atomic mass is 10.1. The van der Waals surface area contributed by atoms with E-state index in [1.54, 1.807) is 30.9 Å². The number of halogens is 1. The van der Waals surface area contributed by atoms with Crippen LogP contribution < -0.4 is 0 Å². The van der Waals surface area contributed by atoms with E-state index in [1.165, 1.54) is 12.1 Å². The highest BCUT2D eigenvalue weighted by Crippen LogP contribution is 2.20. The summed E-state index contributed by atoms with van der Waals surface area (Å²) in [5.74, 6) is -0.290. The second kappa shape index (κ2) is 7.70. The van der Waals surface area contributed by atoms with Crippen LogP contribution in [0.4, 0.5) is 4.39 Å². The van der Waals surface area contributed by atoms with E-state index in [1.807, 2.05) is 25.8 Å². The van der Waals surface area contributed by atoms with Crippen molar-refractivity contribution in [1.29, 1.82) is 0 Å². The molecule has 0 radical (unpaired) electrons. The first-order chi connectivity index (χ1) is 10.1. The fourth-order valence-electron chi connectivity index (χ4n) is 2.63. The van der Waals surface area contributed by atoms with Gasteiger partial charge in [-0.3, -0.25) is 9.69 Å². The zero-order chi connectivity index (χ0) is 16.9. The van der Waals surface area contributed by atoms with Crippen molar-refractivity contribution in [2.24, 2.45) is 0 Å². The monoisotopic (exact) mass is 310 g/mol. The minimum atomic E-state index is -0.839. The van der Waals surface area contributed by atoms with Gasteiger partial charge in [-0.1, -0.05) is 12.1 Å². The smallest absolute Gasteiger partial charge is 0.237 e. The van der Waals surface area contributed by atoms with Gasteiger partial charge >= 0.3 is 0 Å². The molecule has 1 rings (SSSR count). The Balaban J connectivity index is 2.73. The van der Waals surface area contributed by atoms with E-state index in [0.717, 1.165) is 5.56 Å². The van der Waals surface area contributed by atoms with Crippen LogP contribution in [0.25, 0.3) is 0 Å². The SMILES string of the molecule is CCN(C(=O)CN(C)CC(C)(C)O)C(C)c1ccc(F)cc1. The summed E-state index contributed by atoms with van der Waals surface area (Å²) in [4.78, 5) is 16.0. The van der Waals surface area contributed by atoms with E-state index >= 15 is 0 Å². The van der Waals surface area contributed by atoms with Crippen LogP contribution in [-0.4, -0.2) is 53.1 Å². The molecule has 5 heteroatoms. The number of hydrogen-bond donors (Lipinski definition) is 1. The standard InChI is InChI=1S/C17H27FN2O2/c1-6-20(13(2)14-7-9-15(18)10-8-14)16(21)11-19(5)12-17(3,4)22/h7-10,13,22H,6,11-12H2,1-5H3. The van der Waals surface area contributed by atoms with Crippen LogP contribution in [-0.2, 0) is 4.79 Å². The predicted molar refractivity (Wildman–Crippen MR) is 86.0 cm³/mol. The third-order valence-electron chi connectivity index (χ3n) is 3.54. The molecule has 0 fully saturated rings. The first kappa shape index (κ1) is 18.6. The average Bonchev–Trinajstić information content (AvgIpc) is 2.37. The molecule has 1 aromatic carbocycles. The maximum atomic E-state index is 13.0. The van der Waals surface area contributed by atoms with Crippen molar-refractivity contribution in [3.05, 3.63) is 35.6 Å². The Bertz CT molecular complexity index is 482. The highest BCUT2D eigenvalue weighted by atomic mass is 19.1. The predicted octanol–water partition coefficient (Wildman–Crippen LogP) is 2.44. The molecule has 0 saturated carbocycles. The Kier molecular flexibility index (Phi) is 6.50. The number of benzene rings is 1. The molecule has 1 aromatic rings. The summed E-state index contributed by atoms with van der Waals surface area (Å²) < 4.78 is 13.0. The molecule has 0 bridgehead atoms. The molecule has 1 amide bonds. The molecular weight excluding hydrogens is 283 g/mol. The summed E-state index contributed by atoms with van der Waals surface area (Å²) in [6, 6.07) is 6.11. The highest BCUT2D eigenvalue weighted by molar-refractivity contribution is 5.78. The van der Waals surface area contributed by atoms with Crippen LogP contribution in [0.15, 0.2) is 24.3 Å². The number of rotatable bonds is 7. The van der Waals surface area contributed by atoms with E-state index in [-0.39, 0.29) is 24.3 Å². The lowest BCUT2D eigenvalue weighted by Crippen LogP contribution is -2.44. The molecule has 0 aliphatic heterocycles. The van der Waals surface area contributed by atoms with Gasteiger partial charge in [-0.25, -0.2) is 4.39 Å². The molecule has 1 atom stereocenters. The van der Waals surface area contributed by atoms with Crippen LogP contribution in [0.5, 0.6) is 0 Å². The van der Waals surface area contributed by atoms with Crippen molar-refractivity contribution in [3.8, 4) is 0 Å². The maximum Gasteiger partial charge on any atom is 0.237 e. The summed E-state index contributed by atoms with van der Waals surface area (Å²) in [5, 5.41) is 9.81. The summed E-state index contributed by atoms with van der Waals surface area (Å²) in [6.45, 7) is 8.52. The van der Waals surface area contributed by atoms with E-state index in [2.05, 4.69) is 0 Å². The van der Waals surface area contributed by atoms with Crippen molar-refractivity contribution in [2.45, 2.75) is 39.3 Å². The molecule has 0 aliphatic rings. The summed E-state index contributed by atoms with van der Waals surface area (Å²) >= 11 is 0. The number of carbonyl (C=O) groups excluding carboxylic acids is 1.